The van der Waals surface area contributed by atoms with Gasteiger partial charge < -0.3 is 5.32 Å². The molecule has 1 atom stereocenters. The molecule has 0 saturated heterocycles. The third-order valence-electron chi connectivity index (χ3n) is 2.34. The molecule has 1 saturated carbocycles. The van der Waals surface area contributed by atoms with E-state index in [9.17, 15) is 0 Å². The molecule has 0 amide bonds. The van der Waals surface area contributed by atoms with Gasteiger partial charge in [-0.1, -0.05) is 20.3 Å². The van der Waals surface area contributed by atoms with Gasteiger partial charge in [0.2, 0.25) is 0 Å². The number of hydrogen-bond acceptors (Lipinski definition) is 2. The Morgan fingerprint density at radius 2 is 2.08 bits per heavy atom. The highest BCUT2D eigenvalue weighted by molar-refractivity contribution is 4.83. The van der Waals surface area contributed by atoms with Crippen LogP contribution in [-0.2, 0) is 0 Å². The van der Waals surface area contributed by atoms with E-state index >= 15 is 0 Å². The molecule has 1 fully saturated rings. The molecule has 0 aliphatic heterocycles. The molecule has 1 unspecified atom stereocenters. The predicted molar refractivity (Wildman–Crippen MR) is 53.1 cm³/mol. The monoisotopic (exact) mass is 170 g/mol. The van der Waals surface area contributed by atoms with Crippen LogP contribution in [0.1, 0.15) is 46.0 Å². The van der Waals surface area contributed by atoms with Gasteiger partial charge in [0.05, 0.1) is 6.17 Å². The second kappa shape index (κ2) is 5.55. The Kier molecular flexibility index (Phi) is 4.62. The van der Waals surface area contributed by atoms with Gasteiger partial charge in [-0.15, -0.1) is 0 Å². The van der Waals surface area contributed by atoms with Gasteiger partial charge in [-0.25, -0.2) is 0 Å². The topological polar surface area (TPSA) is 24.1 Å². The quantitative estimate of drug-likeness (QED) is 0.450. The van der Waals surface area contributed by atoms with E-state index in [4.69, 9.17) is 0 Å². The zero-order valence-electron chi connectivity index (χ0n) is 8.40. The van der Waals surface area contributed by atoms with Crippen molar-refractivity contribution in [2.75, 3.05) is 6.54 Å². The average molecular weight is 170 g/mol. The largest absolute Gasteiger partial charge is 0.302 e. The van der Waals surface area contributed by atoms with Gasteiger partial charge in [0.15, 0.2) is 0 Å². The zero-order valence-corrected chi connectivity index (χ0v) is 8.40. The van der Waals surface area contributed by atoms with Crippen LogP contribution in [0.5, 0.6) is 0 Å². The van der Waals surface area contributed by atoms with Crippen molar-refractivity contribution in [2.24, 2.45) is 0 Å². The van der Waals surface area contributed by atoms with Crippen molar-refractivity contribution in [1.29, 1.82) is 0 Å². The molecular weight excluding hydrogens is 148 g/mol. The van der Waals surface area contributed by atoms with E-state index in [0.717, 1.165) is 12.6 Å². The molecule has 0 bridgehead atoms. The summed E-state index contributed by atoms with van der Waals surface area (Å²) >= 11 is 0. The van der Waals surface area contributed by atoms with Crippen LogP contribution in [0.3, 0.4) is 0 Å². The Hall–Kier alpha value is -0.0800. The van der Waals surface area contributed by atoms with E-state index in [1.54, 1.807) is 0 Å². The maximum absolute atomic E-state index is 3.59. The Morgan fingerprint density at radius 3 is 2.58 bits per heavy atom. The van der Waals surface area contributed by atoms with Crippen LogP contribution in [0.2, 0.25) is 0 Å². The molecule has 2 heteroatoms. The third-order valence-corrected chi connectivity index (χ3v) is 2.34. The van der Waals surface area contributed by atoms with Crippen molar-refractivity contribution in [1.82, 2.24) is 10.6 Å². The van der Waals surface area contributed by atoms with Gasteiger partial charge in [0.25, 0.3) is 0 Å². The summed E-state index contributed by atoms with van der Waals surface area (Å²) in [6.07, 6.45) is 7.09. The molecule has 0 spiro atoms. The SMILES string of the molecule is CCCCNC(CC)NC1CC1. The first-order valence-electron chi connectivity index (χ1n) is 5.36. The smallest absolute Gasteiger partial charge is 0.0571 e. The van der Waals surface area contributed by atoms with Gasteiger partial charge >= 0.3 is 0 Å². The lowest BCUT2D eigenvalue weighted by molar-refractivity contribution is 0.407. The minimum Gasteiger partial charge on any atom is -0.302 e. The van der Waals surface area contributed by atoms with E-state index in [1.807, 2.05) is 0 Å². The van der Waals surface area contributed by atoms with E-state index < -0.39 is 0 Å². The summed E-state index contributed by atoms with van der Waals surface area (Å²) in [4.78, 5) is 0. The first-order valence-corrected chi connectivity index (χ1v) is 5.36. The fourth-order valence-electron chi connectivity index (χ4n) is 1.31. The van der Waals surface area contributed by atoms with E-state index in [0.29, 0.717) is 6.17 Å². The summed E-state index contributed by atoms with van der Waals surface area (Å²) in [6.45, 7) is 5.63. The van der Waals surface area contributed by atoms with Crippen LogP contribution >= 0.6 is 0 Å². The minimum absolute atomic E-state index is 0.559. The molecular formula is C10H22N2. The van der Waals surface area contributed by atoms with Gasteiger partial charge in [0, 0.05) is 6.04 Å². The number of hydrogen-bond donors (Lipinski definition) is 2. The third kappa shape index (κ3) is 4.07. The van der Waals surface area contributed by atoms with Crippen molar-refractivity contribution in [3.63, 3.8) is 0 Å². The van der Waals surface area contributed by atoms with Crippen LogP contribution in [0.25, 0.3) is 0 Å². The van der Waals surface area contributed by atoms with Crippen LogP contribution in [0.15, 0.2) is 0 Å². The number of nitrogens with one attached hydrogen (secondary N) is 2. The van der Waals surface area contributed by atoms with Crippen LogP contribution in [-0.4, -0.2) is 18.8 Å². The maximum Gasteiger partial charge on any atom is 0.0571 e. The first kappa shape index (κ1) is 10.0. The Labute approximate surface area is 76.1 Å². The van der Waals surface area contributed by atoms with Gasteiger partial charge in [-0.05, 0) is 32.2 Å². The van der Waals surface area contributed by atoms with E-state index in [1.165, 1.54) is 32.1 Å². The Balaban J connectivity index is 1.98. The van der Waals surface area contributed by atoms with Crippen molar-refractivity contribution in [3.05, 3.63) is 0 Å². The lowest BCUT2D eigenvalue weighted by Crippen LogP contribution is -2.43. The Morgan fingerprint density at radius 1 is 1.33 bits per heavy atom. The molecule has 0 heterocycles. The maximum atomic E-state index is 3.59. The van der Waals surface area contributed by atoms with Crippen LogP contribution in [0, 0.1) is 0 Å². The standard InChI is InChI=1S/C10H22N2/c1-3-5-8-11-10(4-2)12-9-6-7-9/h9-12H,3-8H2,1-2H3. The van der Waals surface area contributed by atoms with Gasteiger partial charge in [-0.2, -0.15) is 0 Å². The number of rotatable bonds is 7. The number of unbranched alkanes of at least 4 members (excludes halogenated alkanes) is 1. The lowest BCUT2D eigenvalue weighted by atomic mass is 10.3. The molecule has 1 aliphatic rings. The minimum atomic E-state index is 0.559. The summed E-state index contributed by atoms with van der Waals surface area (Å²) < 4.78 is 0. The van der Waals surface area contributed by atoms with Gasteiger partial charge in [-0.3, -0.25) is 5.32 Å². The molecule has 72 valence electrons. The second-order valence-corrected chi connectivity index (χ2v) is 3.71. The molecule has 1 aliphatic carbocycles. The van der Waals surface area contributed by atoms with Crippen molar-refractivity contribution >= 4 is 0 Å². The highest BCUT2D eigenvalue weighted by Gasteiger charge is 2.23. The molecule has 0 aromatic heterocycles. The summed E-state index contributed by atoms with van der Waals surface area (Å²) in [5.41, 5.74) is 0. The fraction of sp³-hybridized carbons (Fsp3) is 1.00. The first-order chi connectivity index (χ1) is 5.86. The highest BCUT2D eigenvalue weighted by Crippen LogP contribution is 2.19. The molecule has 1 rings (SSSR count). The lowest BCUT2D eigenvalue weighted by Gasteiger charge is -2.17. The molecule has 2 nitrogen and oxygen atoms in total. The molecule has 2 N–H and O–H groups in total. The van der Waals surface area contributed by atoms with Crippen molar-refractivity contribution < 1.29 is 0 Å². The van der Waals surface area contributed by atoms with E-state index in [2.05, 4.69) is 24.5 Å². The van der Waals surface area contributed by atoms with Crippen LogP contribution < -0.4 is 10.6 Å². The highest BCUT2D eigenvalue weighted by atomic mass is 15.1. The van der Waals surface area contributed by atoms with E-state index in [-0.39, 0.29) is 0 Å². The molecule has 0 aromatic rings. The second-order valence-electron chi connectivity index (χ2n) is 3.71. The van der Waals surface area contributed by atoms with Crippen LogP contribution in [0.4, 0.5) is 0 Å². The normalized spacial score (nSPS) is 19.5. The van der Waals surface area contributed by atoms with Gasteiger partial charge in [0.1, 0.15) is 0 Å². The summed E-state index contributed by atoms with van der Waals surface area (Å²) in [5, 5.41) is 7.12. The summed E-state index contributed by atoms with van der Waals surface area (Å²) in [5.74, 6) is 0. The van der Waals surface area contributed by atoms with Crippen molar-refractivity contribution in [2.45, 2.75) is 58.2 Å². The summed E-state index contributed by atoms with van der Waals surface area (Å²) in [6, 6.07) is 0.823. The zero-order chi connectivity index (χ0) is 8.81. The Bertz CT molecular complexity index is 110. The van der Waals surface area contributed by atoms with Crippen molar-refractivity contribution in [3.8, 4) is 0 Å². The molecule has 12 heavy (non-hydrogen) atoms. The molecule has 0 radical (unpaired) electrons. The summed E-state index contributed by atoms with van der Waals surface area (Å²) in [7, 11) is 0. The predicted octanol–water partition coefficient (Wildman–Crippen LogP) is 1.86. The molecule has 0 aromatic carbocycles. The fourth-order valence-corrected chi connectivity index (χ4v) is 1.31. The average Bonchev–Trinajstić information content (AvgIpc) is 2.87.